The summed E-state index contributed by atoms with van der Waals surface area (Å²) in [7, 11) is 1.33. The van der Waals surface area contributed by atoms with Crippen LogP contribution in [0, 0.1) is 12.7 Å². The Balaban J connectivity index is 1.56. The lowest BCUT2D eigenvalue weighted by Gasteiger charge is -2.10. The highest BCUT2D eigenvalue weighted by Crippen LogP contribution is 2.40. The molecule has 0 atom stereocenters. The maximum Gasteiger partial charge on any atom is 0.341 e. The van der Waals surface area contributed by atoms with E-state index in [0.717, 1.165) is 16.0 Å². The van der Waals surface area contributed by atoms with Crippen LogP contribution in [0.3, 0.4) is 0 Å². The summed E-state index contributed by atoms with van der Waals surface area (Å²) in [6.07, 6.45) is 1.54. The summed E-state index contributed by atoms with van der Waals surface area (Å²) in [5, 5.41) is 11.6. The minimum Gasteiger partial charge on any atom is -0.465 e. The molecule has 4 aromatic rings. The Bertz CT molecular complexity index is 1390. The van der Waals surface area contributed by atoms with Crippen molar-refractivity contribution < 1.29 is 13.9 Å². The van der Waals surface area contributed by atoms with Crippen LogP contribution in [0.1, 0.15) is 20.8 Å². The highest BCUT2D eigenvalue weighted by atomic mass is 35.5. The smallest absolute Gasteiger partial charge is 0.341 e. The molecule has 11 heteroatoms. The zero-order valence-electron chi connectivity index (χ0n) is 18.6. The van der Waals surface area contributed by atoms with Crippen LogP contribution in [0.4, 0.5) is 15.2 Å². The number of methoxy groups -OCH3 is 1. The van der Waals surface area contributed by atoms with Gasteiger partial charge in [-0.3, -0.25) is 4.68 Å². The molecule has 2 aromatic heterocycles. The molecule has 2 aromatic carbocycles. The van der Waals surface area contributed by atoms with Gasteiger partial charge in [-0.25, -0.2) is 9.18 Å². The number of hydrogen-bond acceptors (Lipinski definition) is 5. The van der Waals surface area contributed by atoms with Crippen molar-refractivity contribution in [3.05, 3.63) is 86.6 Å². The van der Waals surface area contributed by atoms with Crippen LogP contribution in [-0.4, -0.2) is 28.0 Å². The Hall–Kier alpha value is -2.98. The third-order valence-electron chi connectivity index (χ3n) is 5.09. The van der Waals surface area contributed by atoms with E-state index >= 15 is 0 Å². The normalized spacial score (nSPS) is 10.8. The second-order valence-electron chi connectivity index (χ2n) is 7.40. The summed E-state index contributed by atoms with van der Waals surface area (Å²) in [5.74, 6) is -0.649. The highest BCUT2D eigenvalue weighted by Gasteiger charge is 2.25. The molecule has 0 fully saturated rings. The number of nitrogens with zero attached hydrogens (tertiary/aromatic N) is 2. The first-order valence-corrected chi connectivity index (χ1v) is 12.3. The zero-order chi connectivity index (χ0) is 25.1. The molecule has 0 bridgehead atoms. The van der Waals surface area contributed by atoms with E-state index in [1.807, 2.05) is 37.3 Å². The van der Waals surface area contributed by atoms with Crippen LogP contribution >= 0.6 is 46.8 Å². The largest absolute Gasteiger partial charge is 0.465 e. The van der Waals surface area contributed by atoms with Crippen molar-refractivity contribution in [2.24, 2.45) is 0 Å². The summed E-state index contributed by atoms with van der Waals surface area (Å²) in [6.45, 7) is 2.01. The third-order valence-corrected chi connectivity index (χ3v) is 6.95. The molecule has 2 N–H and O–H groups in total. The predicted octanol–water partition coefficient (Wildman–Crippen LogP) is 7.01. The highest BCUT2D eigenvalue weighted by molar-refractivity contribution is 7.80. The number of hydrogen-bond donors (Lipinski definition) is 2. The molecule has 6 nitrogen and oxygen atoms in total. The third kappa shape index (κ3) is 5.48. The Kier molecular flexibility index (Phi) is 7.71. The minimum absolute atomic E-state index is 0.0874. The van der Waals surface area contributed by atoms with Gasteiger partial charge < -0.3 is 15.4 Å². The van der Waals surface area contributed by atoms with E-state index in [9.17, 15) is 9.18 Å². The number of esters is 1. The summed E-state index contributed by atoms with van der Waals surface area (Å²) in [5.41, 5.74) is 2.35. The molecule has 2 heterocycles. The number of anilines is 2. The van der Waals surface area contributed by atoms with Gasteiger partial charge in [-0.15, -0.1) is 11.3 Å². The van der Waals surface area contributed by atoms with Crippen LogP contribution in [0.2, 0.25) is 10.0 Å². The molecule has 0 aliphatic carbocycles. The van der Waals surface area contributed by atoms with Crippen molar-refractivity contribution in [3.63, 3.8) is 0 Å². The lowest BCUT2D eigenvalue weighted by Crippen LogP contribution is -2.20. The molecular weight excluding hydrogens is 530 g/mol. The molecule has 0 aliphatic rings. The van der Waals surface area contributed by atoms with Gasteiger partial charge in [-0.05, 0) is 36.8 Å². The molecule has 0 spiro atoms. The fraction of sp³-hybridized carbons (Fsp3) is 0.125. The van der Waals surface area contributed by atoms with Gasteiger partial charge in [0.25, 0.3) is 0 Å². The van der Waals surface area contributed by atoms with Crippen molar-refractivity contribution in [2.45, 2.75) is 13.5 Å². The summed E-state index contributed by atoms with van der Waals surface area (Å²) >= 11 is 19.3. The zero-order valence-corrected chi connectivity index (χ0v) is 21.7. The Morgan fingerprint density at radius 1 is 1.14 bits per heavy atom. The number of aromatic nitrogens is 2. The van der Waals surface area contributed by atoms with Gasteiger partial charge in [0.2, 0.25) is 0 Å². The second kappa shape index (κ2) is 10.7. The maximum absolute atomic E-state index is 14.1. The van der Waals surface area contributed by atoms with Crippen molar-refractivity contribution in [3.8, 4) is 11.1 Å². The Labute approximate surface area is 220 Å². The molecule has 0 radical (unpaired) electrons. The first-order valence-electron chi connectivity index (χ1n) is 10.3. The van der Waals surface area contributed by atoms with Crippen molar-refractivity contribution in [1.82, 2.24) is 9.78 Å². The number of halogens is 3. The van der Waals surface area contributed by atoms with E-state index < -0.39 is 11.8 Å². The molecule has 0 aliphatic heterocycles. The van der Waals surface area contributed by atoms with Crippen LogP contribution in [0.25, 0.3) is 11.1 Å². The first kappa shape index (κ1) is 25.1. The molecule has 0 saturated heterocycles. The number of nitrogens with one attached hydrogen (secondary N) is 2. The quantitative estimate of drug-likeness (QED) is 0.199. The second-order valence-corrected chi connectivity index (χ2v) is 9.84. The molecule has 180 valence electrons. The van der Waals surface area contributed by atoms with Crippen molar-refractivity contribution in [1.29, 1.82) is 0 Å². The van der Waals surface area contributed by atoms with Gasteiger partial charge >= 0.3 is 5.97 Å². The molecule has 4 rings (SSSR count). The summed E-state index contributed by atoms with van der Waals surface area (Å²) in [6, 6.07) is 14.0. The minimum atomic E-state index is -0.484. The lowest BCUT2D eigenvalue weighted by molar-refractivity contribution is 0.0603. The van der Waals surface area contributed by atoms with Crippen LogP contribution in [0.5, 0.6) is 0 Å². The van der Waals surface area contributed by atoms with Crippen molar-refractivity contribution >= 4 is 68.7 Å². The van der Waals surface area contributed by atoms with Gasteiger partial charge in [-0.2, -0.15) is 5.10 Å². The SMILES string of the molecule is COC(=O)c1c(NC(=S)Nc2nn(Cc3c(F)cccc3Cl)cc2Cl)sc(C)c1-c1ccccc1. The van der Waals surface area contributed by atoms with Crippen molar-refractivity contribution in [2.75, 3.05) is 17.7 Å². The standard InChI is InChI=1S/C24H19Cl2FN4O2S2/c1-13-19(14-7-4-3-5-8-14)20(23(32)33-2)22(35-13)29-24(34)28-21-17(26)12-31(30-21)11-15-16(25)9-6-10-18(15)27/h3-10,12H,11H2,1-2H3,(H2,28,29,30,34). The number of rotatable bonds is 6. The van der Waals surface area contributed by atoms with Crippen LogP contribution in [0.15, 0.2) is 54.7 Å². The fourth-order valence-corrected chi connectivity index (χ4v) is 5.28. The van der Waals surface area contributed by atoms with Gasteiger partial charge in [0.05, 0.1) is 13.7 Å². The van der Waals surface area contributed by atoms with Crippen LogP contribution in [-0.2, 0) is 11.3 Å². The van der Waals surface area contributed by atoms with Gasteiger partial charge in [0.15, 0.2) is 10.9 Å². The van der Waals surface area contributed by atoms with E-state index in [0.29, 0.717) is 21.2 Å². The first-order chi connectivity index (χ1) is 16.8. The van der Waals surface area contributed by atoms with Gasteiger partial charge in [0.1, 0.15) is 21.4 Å². The fourth-order valence-electron chi connectivity index (χ4n) is 3.53. The molecule has 0 unspecified atom stereocenters. The van der Waals surface area contributed by atoms with E-state index in [2.05, 4.69) is 15.7 Å². The number of carbonyl (C=O) groups is 1. The van der Waals surface area contributed by atoms with E-state index in [1.54, 1.807) is 6.07 Å². The van der Waals surface area contributed by atoms with E-state index in [4.69, 9.17) is 40.2 Å². The number of benzene rings is 2. The maximum atomic E-state index is 14.1. The Morgan fingerprint density at radius 3 is 2.57 bits per heavy atom. The van der Waals surface area contributed by atoms with E-state index in [-0.39, 0.29) is 22.5 Å². The predicted molar refractivity (Wildman–Crippen MR) is 143 cm³/mol. The topological polar surface area (TPSA) is 68.2 Å². The number of thiophene rings is 1. The number of ether oxygens (including phenoxy) is 1. The van der Waals surface area contributed by atoms with Crippen LogP contribution < -0.4 is 10.6 Å². The number of aryl methyl sites for hydroxylation is 1. The monoisotopic (exact) mass is 548 g/mol. The molecule has 0 amide bonds. The summed E-state index contributed by atoms with van der Waals surface area (Å²) in [4.78, 5) is 13.6. The molecule has 0 saturated carbocycles. The number of thiocarbonyl (C=S) groups is 1. The van der Waals surface area contributed by atoms with Gasteiger partial charge in [0, 0.05) is 27.2 Å². The molecule has 35 heavy (non-hydrogen) atoms. The van der Waals surface area contributed by atoms with E-state index in [1.165, 1.54) is 41.5 Å². The average molecular weight is 549 g/mol. The van der Waals surface area contributed by atoms with Gasteiger partial charge in [-0.1, -0.05) is 59.6 Å². The Morgan fingerprint density at radius 2 is 1.89 bits per heavy atom. The molecular formula is C24H19Cl2FN4O2S2. The summed E-state index contributed by atoms with van der Waals surface area (Å²) < 4.78 is 20.6. The lowest BCUT2D eigenvalue weighted by atomic mass is 10.0. The average Bonchev–Trinajstić information content (AvgIpc) is 3.34. The number of carbonyl (C=O) groups excluding carboxylic acids is 1.